The van der Waals surface area contributed by atoms with Crippen LogP contribution in [0.25, 0.3) is 0 Å². The van der Waals surface area contributed by atoms with Crippen molar-refractivity contribution in [3.05, 3.63) is 53.6 Å². The number of benzene rings is 2. The van der Waals surface area contributed by atoms with Crippen LogP contribution in [0.3, 0.4) is 0 Å². The number of nitrogens with one attached hydrogen (secondary N) is 1. The van der Waals surface area contributed by atoms with Gasteiger partial charge in [-0.3, -0.25) is 9.62 Å². The molecule has 1 saturated heterocycles. The fourth-order valence-corrected chi connectivity index (χ4v) is 4.73. The molecule has 0 bridgehead atoms. The lowest BCUT2D eigenvalue weighted by molar-refractivity contribution is -0.192. The fourth-order valence-electron chi connectivity index (χ4n) is 3.66. The number of hydrogen-bond donors (Lipinski definition) is 3. The van der Waals surface area contributed by atoms with E-state index in [1.54, 1.807) is 30.3 Å². The van der Waals surface area contributed by atoms with Gasteiger partial charge in [-0.1, -0.05) is 26.0 Å². The third-order valence-electron chi connectivity index (χ3n) is 5.63. The SMILES string of the molecule is CCCN1CCN(c2ccc(C(=O)O)cc2NS(=O)(=O)c2ccc(CC)cc2)CC1.O=C(O)C(F)(F)F. The summed E-state index contributed by atoms with van der Waals surface area (Å²) < 4.78 is 60.3. The number of anilines is 2. The smallest absolute Gasteiger partial charge is 0.478 e. The number of sulfonamides is 1. The molecule has 1 aliphatic heterocycles. The van der Waals surface area contributed by atoms with E-state index in [9.17, 15) is 31.5 Å². The minimum atomic E-state index is -5.08. The van der Waals surface area contributed by atoms with Crippen LogP contribution < -0.4 is 9.62 Å². The highest BCUT2D eigenvalue weighted by Gasteiger charge is 2.38. The molecule has 9 nitrogen and oxygen atoms in total. The second kappa shape index (κ2) is 12.8. The zero-order valence-corrected chi connectivity index (χ0v) is 21.3. The number of carbonyl (C=O) groups is 2. The summed E-state index contributed by atoms with van der Waals surface area (Å²) in [6.07, 6.45) is -3.17. The van der Waals surface area contributed by atoms with Crippen LogP contribution in [0.4, 0.5) is 24.5 Å². The molecule has 0 spiro atoms. The molecule has 0 amide bonds. The maximum atomic E-state index is 13.0. The van der Waals surface area contributed by atoms with Crippen molar-refractivity contribution in [1.29, 1.82) is 0 Å². The maximum Gasteiger partial charge on any atom is 0.490 e. The average Bonchev–Trinajstić information content (AvgIpc) is 2.84. The van der Waals surface area contributed by atoms with Gasteiger partial charge in [0.05, 0.1) is 21.8 Å². The molecule has 0 saturated carbocycles. The van der Waals surface area contributed by atoms with Crippen LogP contribution in [-0.4, -0.2) is 74.4 Å². The number of nitrogens with zero attached hydrogens (tertiary/aromatic N) is 2. The van der Waals surface area contributed by atoms with Gasteiger partial charge in [-0.25, -0.2) is 18.0 Å². The van der Waals surface area contributed by atoms with Gasteiger partial charge in [0.25, 0.3) is 10.0 Å². The third kappa shape index (κ3) is 8.64. The lowest BCUT2D eigenvalue weighted by Gasteiger charge is -2.37. The summed E-state index contributed by atoms with van der Waals surface area (Å²) in [6.45, 7) is 8.48. The van der Waals surface area contributed by atoms with Crippen LogP contribution in [0.5, 0.6) is 0 Å². The second-order valence-corrected chi connectivity index (χ2v) is 9.95. The van der Waals surface area contributed by atoms with Crippen LogP contribution in [0, 0.1) is 0 Å². The van der Waals surface area contributed by atoms with Crippen molar-refractivity contribution in [1.82, 2.24) is 4.90 Å². The maximum absolute atomic E-state index is 13.0. The quantitative estimate of drug-likeness (QED) is 0.456. The summed E-state index contributed by atoms with van der Waals surface area (Å²) in [5.41, 5.74) is 2.08. The number of hydrogen-bond acceptors (Lipinski definition) is 6. The molecule has 204 valence electrons. The van der Waals surface area contributed by atoms with Gasteiger partial charge < -0.3 is 15.1 Å². The van der Waals surface area contributed by atoms with E-state index in [0.717, 1.165) is 51.1 Å². The topological polar surface area (TPSA) is 127 Å². The van der Waals surface area contributed by atoms with Crippen molar-refractivity contribution in [3.8, 4) is 0 Å². The summed E-state index contributed by atoms with van der Waals surface area (Å²) in [4.78, 5) is 25.0. The standard InChI is InChI=1S/C22H29N3O4S.C2HF3O2/c1-3-11-24-12-14-25(15-13-24)21-10-7-18(22(26)27)16-20(21)23-30(28,29)19-8-5-17(4-2)6-9-19;3-2(4,5)1(6)7/h5-10,16,23H,3-4,11-15H2,1-2H3,(H,26,27);(H,6,7). The van der Waals surface area contributed by atoms with Crippen molar-refractivity contribution in [3.63, 3.8) is 0 Å². The zero-order chi connectivity index (χ0) is 27.8. The number of aryl methyl sites for hydroxylation is 1. The van der Waals surface area contributed by atoms with Crippen LogP contribution in [0.1, 0.15) is 36.2 Å². The zero-order valence-electron chi connectivity index (χ0n) is 20.5. The van der Waals surface area contributed by atoms with Gasteiger partial charge in [0, 0.05) is 26.2 Å². The number of halogens is 3. The summed E-state index contributed by atoms with van der Waals surface area (Å²) in [6, 6.07) is 11.3. The molecule has 0 radical (unpaired) electrons. The summed E-state index contributed by atoms with van der Waals surface area (Å²) >= 11 is 0. The van der Waals surface area contributed by atoms with Crippen LogP contribution in [0.15, 0.2) is 47.4 Å². The number of alkyl halides is 3. The van der Waals surface area contributed by atoms with E-state index in [0.29, 0.717) is 11.4 Å². The number of rotatable bonds is 8. The summed E-state index contributed by atoms with van der Waals surface area (Å²) in [5.74, 6) is -3.85. The largest absolute Gasteiger partial charge is 0.490 e. The van der Waals surface area contributed by atoms with E-state index in [2.05, 4.69) is 21.4 Å². The first-order chi connectivity index (χ1) is 17.3. The molecular weight excluding hydrogens is 515 g/mol. The molecule has 3 rings (SSSR count). The Bertz CT molecular complexity index is 1180. The Morgan fingerprint density at radius 2 is 1.54 bits per heavy atom. The van der Waals surface area contributed by atoms with E-state index >= 15 is 0 Å². The highest BCUT2D eigenvalue weighted by molar-refractivity contribution is 7.92. The Kier molecular flexibility index (Phi) is 10.3. The van der Waals surface area contributed by atoms with Crippen molar-refractivity contribution in [2.45, 2.75) is 37.8 Å². The van der Waals surface area contributed by atoms with Gasteiger partial charge >= 0.3 is 18.1 Å². The normalized spacial score (nSPS) is 14.5. The van der Waals surface area contributed by atoms with Crippen molar-refractivity contribution < 1.29 is 41.4 Å². The van der Waals surface area contributed by atoms with E-state index in [1.807, 2.05) is 6.92 Å². The molecule has 1 fully saturated rings. The van der Waals surface area contributed by atoms with E-state index in [1.165, 1.54) is 12.1 Å². The molecule has 13 heteroatoms. The minimum Gasteiger partial charge on any atom is -0.478 e. The molecule has 2 aromatic carbocycles. The van der Waals surface area contributed by atoms with Gasteiger partial charge in [-0.05, 0) is 55.3 Å². The number of aliphatic carboxylic acids is 1. The molecule has 0 unspecified atom stereocenters. The van der Waals surface area contributed by atoms with Crippen molar-refractivity contribution in [2.24, 2.45) is 0 Å². The van der Waals surface area contributed by atoms with Crippen LogP contribution in [-0.2, 0) is 21.2 Å². The summed E-state index contributed by atoms with van der Waals surface area (Å²) in [5, 5.41) is 16.5. The number of carboxylic acids is 2. The molecule has 0 aromatic heterocycles. The number of piperazine rings is 1. The van der Waals surface area contributed by atoms with Crippen molar-refractivity contribution in [2.75, 3.05) is 42.3 Å². The van der Waals surface area contributed by atoms with E-state index < -0.39 is 28.1 Å². The van der Waals surface area contributed by atoms with Gasteiger partial charge in [-0.2, -0.15) is 13.2 Å². The molecule has 2 aromatic rings. The monoisotopic (exact) mass is 545 g/mol. The first-order valence-electron chi connectivity index (χ1n) is 11.5. The van der Waals surface area contributed by atoms with Gasteiger partial charge in [0.1, 0.15) is 0 Å². The molecule has 0 atom stereocenters. The first kappa shape index (κ1) is 29.9. The minimum absolute atomic E-state index is 0.0439. The molecule has 37 heavy (non-hydrogen) atoms. The van der Waals surface area contributed by atoms with Gasteiger partial charge in [0.2, 0.25) is 0 Å². The average molecular weight is 546 g/mol. The Labute approximate surface area is 213 Å². The van der Waals surface area contributed by atoms with Gasteiger partial charge in [0.15, 0.2) is 0 Å². The molecule has 1 heterocycles. The van der Waals surface area contributed by atoms with Crippen LogP contribution in [0.2, 0.25) is 0 Å². The van der Waals surface area contributed by atoms with Crippen molar-refractivity contribution >= 4 is 33.3 Å². The number of carboxylic acid groups (broad SMARTS) is 2. The summed E-state index contributed by atoms with van der Waals surface area (Å²) in [7, 11) is -3.84. The lowest BCUT2D eigenvalue weighted by Crippen LogP contribution is -2.46. The highest BCUT2D eigenvalue weighted by atomic mass is 32.2. The Morgan fingerprint density at radius 3 is 2.00 bits per heavy atom. The Morgan fingerprint density at radius 1 is 0.973 bits per heavy atom. The second-order valence-electron chi connectivity index (χ2n) is 8.27. The molecule has 3 N–H and O–H groups in total. The van der Waals surface area contributed by atoms with Crippen LogP contribution >= 0.6 is 0 Å². The number of aromatic carboxylic acids is 1. The third-order valence-corrected chi connectivity index (χ3v) is 7.01. The molecular formula is C24H30F3N3O6S. The van der Waals surface area contributed by atoms with Gasteiger partial charge in [-0.15, -0.1) is 0 Å². The predicted molar refractivity (Wildman–Crippen MR) is 133 cm³/mol. The predicted octanol–water partition coefficient (Wildman–Crippen LogP) is 3.91. The Hall–Kier alpha value is -3.32. The highest BCUT2D eigenvalue weighted by Crippen LogP contribution is 2.30. The van der Waals surface area contributed by atoms with E-state index in [-0.39, 0.29) is 10.5 Å². The van der Waals surface area contributed by atoms with E-state index in [4.69, 9.17) is 9.90 Å². The Balaban J connectivity index is 0.000000604. The fraction of sp³-hybridized carbons (Fsp3) is 0.417. The first-order valence-corrected chi connectivity index (χ1v) is 13.0. The lowest BCUT2D eigenvalue weighted by atomic mass is 10.1. The molecule has 1 aliphatic rings. The molecule has 0 aliphatic carbocycles.